The van der Waals surface area contributed by atoms with E-state index in [2.05, 4.69) is 51.3 Å². The highest BCUT2D eigenvalue weighted by Gasteiger charge is 2.10. The molecule has 9 heteroatoms. The number of ether oxygens (including phenoxy) is 2. The van der Waals surface area contributed by atoms with Crippen molar-refractivity contribution in [2.75, 3.05) is 52.5 Å². The summed E-state index contributed by atoms with van der Waals surface area (Å²) >= 11 is 0. The quantitative estimate of drug-likeness (QED) is 0.187. The molecule has 8 nitrogen and oxygen atoms in total. The lowest BCUT2D eigenvalue weighted by Crippen LogP contribution is -2.38. The number of morpholine rings is 1. The number of hydrogen-bond donors (Lipinski definition) is 2. The monoisotopic (exact) mass is 570 g/mol. The molecule has 1 fully saturated rings. The van der Waals surface area contributed by atoms with E-state index in [0.717, 1.165) is 81.9 Å². The minimum absolute atomic E-state index is 0. The second-order valence-corrected chi connectivity index (χ2v) is 8.04. The van der Waals surface area contributed by atoms with E-state index in [9.17, 15) is 0 Å². The standard InChI is InChI=1S/C24H38N6O2.HI/c1-4-25-24(26-10-7-11-30-21(3)18-20(2)28-30)27-19-22-8-5-6-9-23(22)32-17-14-29-12-15-31-16-13-29;/h5-6,8-9,18H,4,7,10-17,19H2,1-3H3,(H2,25,26,27);1H. The maximum absolute atomic E-state index is 6.09. The molecule has 1 saturated heterocycles. The lowest BCUT2D eigenvalue weighted by atomic mass is 10.2. The van der Waals surface area contributed by atoms with Crippen LogP contribution < -0.4 is 15.4 Å². The molecule has 0 spiro atoms. The molecule has 0 unspecified atom stereocenters. The van der Waals surface area contributed by atoms with Crippen LogP contribution in [0.3, 0.4) is 0 Å². The van der Waals surface area contributed by atoms with Crippen molar-refractivity contribution in [1.29, 1.82) is 0 Å². The summed E-state index contributed by atoms with van der Waals surface area (Å²) < 4.78 is 13.6. The molecular weight excluding hydrogens is 531 g/mol. The van der Waals surface area contributed by atoms with Crippen LogP contribution in [0.2, 0.25) is 0 Å². The van der Waals surface area contributed by atoms with Crippen LogP contribution in [0.1, 0.15) is 30.3 Å². The summed E-state index contributed by atoms with van der Waals surface area (Å²) in [6, 6.07) is 10.3. The minimum atomic E-state index is 0. The van der Waals surface area contributed by atoms with E-state index >= 15 is 0 Å². The number of benzene rings is 1. The van der Waals surface area contributed by atoms with Gasteiger partial charge in [-0.05, 0) is 39.3 Å². The van der Waals surface area contributed by atoms with Gasteiger partial charge in [0.1, 0.15) is 12.4 Å². The van der Waals surface area contributed by atoms with Crippen LogP contribution in [0, 0.1) is 13.8 Å². The third kappa shape index (κ3) is 9.50. The molecule has 33 heavy (non-hydrogen) atoms. The number of para-hydroxylation sites is 1. The van der Waals surface area contributed by atoms with E-state index < -0.39 is 0 Å². The average molecular weight is 571 g/mol. The maximum Gasteiger partial charge on any atom is 0.191 e. The Morgan fingerprint density at radius 1 is 1.15 bits per heavy atom. The van der Waals surface area contributed by atoms with Gasteiger partial charge in [-0.1, -0.05) is 18.2 Å². The molecule has 1 aromatic heterocycles. The number of rotatable bonds is 11. The number of nitrogens with zero attached hydrogens (tertiary/aromatic N) is 4. The molecule has 1 aliphatic heterocycles. The molecule has 1 aromatic carbocycles. The van der Waals surface area contributed by atoms with Gasteiger partial charge in [0.2, 0.25) is 0 Å². The summed E-state index contributed by atoms with van der Waals surface area (Å²) in [6.45, 7) is 14.5. The first-order valence-corrected chi connectivity index (χ1v) is 11.7. The summed E-state index contributed by atoms with van der Waals surface area (Å²) in [6.07, 6.45) is 0.980. The highest BCUT2D eigenvalue weighted by molar-refractivity contribution is 14.0. The Morgan fingerprint density at radius 3 is 2.67 bits per heavy atom. The Hall–Kier alpha value is -1.85. The van der Waals surface area contributed by atoms with Gasteiger partial charge in [0.05, 0.1) is 25.5 Å². The molecule has 0 atom stereocenters. The van der Waals surface area contributed by atoms with E-state index in [-0.39, 0.29) is 24.0 Å². The van der Waals surface area contributed by atoms with Crippen molar-refractivity contribution < 1.29 is 9.47 Å². The molecule has 0 bridgehead atoms. The molecule has 0 saturated carbocycles. The zero-order valence-corrected chi connectivity index (χ0v) is 22.5. The average Bonchev–Trinajstić information content (AvgIpc) is 3.13. The predicted molar refractivity (Wildman–Crippen MR) is 144 cm³/mol. The van der Waals surface area contributed by atoms with Crippen LogP contribution in [0.15, 0.2) is 35.3 Å². The summed E-state index contributed by atoms with van der Waals surface area (Å²) in [5.74, 6) is 1.73. The second kappa shape index (κ2) is 15.1. The Kier molecular flexibility index (Phi) is 12.6. The fourth-order valence-electron chi connectivity index (χ4n) is 3.73. The summed E-state index contributed by atoms with van der Waals surface area (Å²) in [5, 5.41) is 11.3. The fourth-order valence-corrected chi connectivity index (χ4v) is 3.73. The number of nitrogens with one attached hydrogen (secondary N) is 2. The van der Waals surface area contributed by atoms with Crippen molar-refractivity contribution in [2.24, 2.45) is 4.99 Å². The molecule has 3 rings (SSSR count). The maximum atomic E-state index is 6.09. The van der Waals surface area contributed by atoms with Gasteiger partial charge in [0, 0.05) is 50.5 Å². The zero-order chi connectivity index (χ0) is 22.6. The predicted octanol–water partition coefficient (Wildman–Crippen LogP) is 2.97. The van der Waals surface area contributed by atoms with Gasteiger partial charge in [-0.25, -0.2) is 4.99 Å². The Morgan fingerprint density at radius 2 is 1.94 bits per heavy atom. The largest absolute Gasteiger partial charge is 0.492 e. The Balaban J connectivity index is 0.00000385. The van der Waals surface area contributed by atoms with Gasteiger partial charge in [-0.2, -0.15) is 5.10 Å². The first kappa shape index (κ1) is 27.4. The lowest BCUT2D eigenvalue weighted by Gasteiger charge is -2.26. The first-order chi connectivity index (χ1) is 15.7. The minimum Gasteiger partial charge on any atom is -0.492 e. The highest BCUT2D eigenvalue weighted by Crippen LogP contribution is 2.19. The number of aliphatic imine (C=N–C) groups is 1. The number of guanidine groups is 1. The van der Waals surface area contributed by atoms with Gasteiger partial charge in [0.25, 0.3) is 0 Å². The zero-order valence-electron chi connectivity index (χ0n) is 20.2. The molecular formula is C24H39IN6O2. The highest BCUT2D eigenvalue weighted by atomic mass is 127. The van der Waals surface area contributed by atoms with E-state index in [0.29, 0.717) is 13.2 Å². The third-order valence-electron chi connectivity index (χ3n) is 5.44. The van der Waals surface area contributed by atoms with Gasteiger partial charge in [0.15, 0.2) is 5.96 Å². The topological polar surface area (TPSA) is 75.9 Å². The van der Waals surface area contributed by atoms with Gasteiger partial charge in [-0.15, -0.1) is 24.0 Å². The second-order valence-electron chi connectivity index (χ2n) is 8.04. The molecule has 0 amide bonds. The van der Waals surface area contributed by atoms with Crippen LogP contribution >= 0.6 is 24.0 Å². The van der Waals surface area contributed by atoms with E-state index in [1.807, 2.05) is 25.1 Å². The van der Waals surface area contributed by atoms with Crippen LogP contribution in [0.4, 0.5) is 0 Å². The first-order valence-electron chi connectivity index (χ1n) is 11.7. The molecule has 1 aliphatic rings. The smallest absolute Gasteiger partial charge is 0.191 e. The van der Waals surface area contributed by atoms with Crippen molar-refractivity contribution >= 4 is 29.9 Å². The van der Waals surface area contributed by atoms with Crippen LogP contribution in [-0.2, 0) is 17.8 Å². The van der Waals surface area contributed by atoms with Gasteiger partial charge < -0.3 is 20.1 Å². The fraction of sp³-hybridized carbons (Fsp3) is 0.583. The van der Waals surface area contributed by atoms with E-state index in [4.69, 9.17) is 14.5 Å². The summed E-state index contributed by atoms with van der Waals surface area (Å²) in [5.41, 5.74) is 3.36. The van der Waals surface area contributed by atoms with E-state index in [1.54, 1.807) is 0 Å². The Bertz CT molecular complexity index is 851. The van der Waals surface area contributed by atoms with Crippen molar-refractivity contribution in [3.63, 3.8) is 0 Å². The molecule has 0 aliphatic carbocycles. The molecule has 184 valence electrons. The normalized spacial score (nSPS) is 14.6. The van der Waals surface area contributed by atoms with Crippen molar-refractivity contribution in [2.45, 2.75) is 40.3 Å². The molecule has 0 radical (unpaired) electrons. The molecule has 2 N–H and O–H groups in total. The van der Waals surface area contributed by atoms with Crippen LogP contribution in [0.25, 0.3) is 0 Å². The number of aryl methyl sites for hydroxylation is 3. The van der Waals surface area contributed by atoms with Gasteiger partial charge in [-0.3, -0.25) is 9.58 Å². The van der Waals surface area contributed by atoms with Gasteiger partial charge >= 0.3 is 0 Å². The van der Waals surface area contributed by atoms with Crippen LogP contribution in [-0.4, -0.2) is 73.2 Å². The van der Waals surface area contributed by atoms with Crippen molar-refractivity contribution in [3.8, 4) is 5.75 Å². The van der Waals surface area contributed by atoms with Crippen molar-refractivity contribution in [1.82, 2.24) is 25.3 Å². The number of hydrogen-bond acceptors (Lipinski definition) is 5. The SMILES string of the molecule is CCNC(=NCc1ccccc1OCCN1CCOCC1)NCCCn1nc(C)cc1C.I. The number of aromatic nitrogens is 2. The number of halogens is 1. The summed E-state index contributed by atoms with van der Waals surface area (Å²) in [4.78, 5) is 7.15. The van der Waals surface area contributed by atoms with Crippen LogP contribution in [0.5, 0.6) is 5.75 Å². The van der Waals surface area contributed by atoms with Crippen molar-refractivity contribution in [3.05, 3.63) is 47.3 Å². The lowest BCUT2D eigenvalue weighted by molar-refractivity contribution is 0.0322. The van der Waals surface area contributed by atoms with E-state index in [1.165, 1.54) is 5.69 Å². The third-order valence-corrected chi connectivity index (χ3v) is 5.44. The summed E-state index contributed by atoms with van der Waals surface area (Å²) in [7, 11) is 0. The Labute approximate surface area is 215 Å². The molecule has 2 aromatic rings. The molecule has 2 heterocycles.